The van der Waals surface area contributed by atoms with Gasteiger partial charge in [0.25, 0.3) is 0 Å². The van der Waals surface area contributed by atoms with Gasteiger partial charge in [-0.1, -0.05) is 0 Å². The van der Waals surface area contributed by atoms with Gasteiger partial charge >= 0.3 is 0 Å². The molecular weight excluding hydrogens is 142 g/mol. The molecule has 0 aliphatic carbocycles. The molecule has 64 valence electrons. The van der Waals surface area contributed by atoms with Gasteiger partial charge in [-0.15, -0.1) is 0 Å². The third-order valence-electron chi connectivity index (χ3n) is 3.11. The van der Waals surface area contributed by atoms with Crippen molar-refractivity contribution in [3.8, 4) is 0 Å². The van der Waals surface area contributed by atoms with Crippen LogP contribution in [0.15, 0.2) is 0 Å². The minimum Gasteiger partial charge on any atom is -0.393 e. The highest BCUT2D eigenvalue weighted by molar-refractivity contribution is 4.98. The monoisotopic (exact) mass is 157 g/mol. The molecule has 4 atom stereocenters. The van der Waals surface area contributed by atoms with Crippen LogP contribution < -0.4 is 0 Å². The second-order valence-corrected chi connectivity index (χ2v) is 3.81. The molecule has 0 radical (unpaired) electrons. The van der Waals surface area contributed by atoms with Gasteiger partial charge in [0.1, 0.15) is 0 Å². The van der Waals surface area contributed by atoms with Gasteiger partial charge in [0.15, 0.2) is 0 Å². The lowest BCUT2D eigenvalue weighted by molar-refractivity contribution is 0.0282. The molecule has 3 heteroatoms. The Balaban J connectivity index is 2.14. The molecule has 2 heterocycles. The highest BCUT2D eigenvalue weighted by atomic mass is 16.3. The normalized spacial score (nSPS) is 51.5. The quantitative estimate of drug-likeness (QED) is 0.501. The summed E-state index contributed by atoms with van der Waals surface area (Å²) in [6, 6.07) is 0.627. The molecule has 11 heavy (non-hydrogen) atoms. The number of hydrogen-bond donors (Lipinski definition) is 2. The van der Waals surface area contributed by atoms with Crippen LogP contribution in [0.25, 0.3) is 0 Å². The highest BCUT2D eigenvalue weighted by Gasteiger charge is 2.43. The molecule has 0 spiro atoms. The lowest BCUT2D eigenvalue weighted by Crippen LogP contribution is -2.44. The summed E-state index contributed by atoms with van der Waals surface area (Å²) >= 11 is 0. The fourth-order valence-electron chi connectivity index (χ4n) is 2.42. The number of likely N-dealkylation sites (N-methyl/N-ethyl adjacent to an activating group) is 1. The molecule has 0 amide bonds. The second kappa shape index (κ2) is 2.44. The van der Waals surface area contributed by atoms with Crippen molar-refractivity contribution in [2.75, 3.05) is 7.05 Å². The summed E-state index contributed by atoms with van der Waals surface area (Å²) < 4.78 is 0. The zero-order valence-electron chi connectivity index (χ0n) is 6.77. The largest absolute Gasteiger partial charge is 0.393 e. The number of hydrogen-bond acceptors (Lipinski definition) is 3. The summed E-state index contributed by atoms with van der Waals surface area (Å²) in [6.45, 7) is 0. The minimum atomic E-state index is -0.206. The van der Waals surface area contributed by atoms with E-state index in [1.165, 1.54) is 0 Å². The van der Waals surface area contributed by atoms with Crippen LogP contribution in [0.1, 0.15) is 19.3 Å². The number of aliphatic hydroxyl groups excluding tert-OH is 2. The first-order chi connectivity index (χ1) is 5.18. The lowest BCUT2D eigenvalue weighted by atomic mass is 10.0. The SMILES string of the molecule is CN1[C@H]2C[C@H](O)C[C@@H]1[C@@H](O)C2. The highest BCUT2D eigenvalue weighted by Crippen LogP contribution is 2.34. The van der Waals surface area contributed by atoms with Gasteiger partial charge in [0, 0.05) is 12.1 Å². The smallest absolute Gasteiger partial charge is 0.0711 e. The van der Waals surface area contributed by atoms with E-state index in [1.807, 2.05) is 7.05 Å². The fraction of sp³-hybridized carbons (Fsp3) is 1.00. The van der Waals surface area contributed by atoms with E-state index in [1.54, 1.807) is 0 Å². The van der Waals surface area contributed by atoms with Crippen molar-refractivity contribution in [2.24, 2.45) is 0 Å². The van der Waals surface area contributed by atoms with Crippen molar-refractivity contribution in [1.29, 1.82) is 0 Å². The number of piperidine rings is 1. The zero-order chi connectivity index (χ0) is 8.01. The molecule has 0 unspecified atom stereocenters. The number of fused-ring (bicyclic) bond motifs is 2. The Hall–Kier alpha value is -0.120. The molecule has 2 saturated heterocycles. The molecule has 2 N–H and O–H groups in total. The van der Waals surface area contributed by atoms with Crippen molar-refractivity contribution in [3.05, 3.63) is 0 Å². The van der Waals surface area contributed by atoms with Crippen LogP contribution in [0, 0.1) is 0 Å². The Morgan fingerprint density at radius 1 is 1.18 bits per heavy atom. The molecule has 2 aliphatic heterocycles. The van der Waals surface area contributed by atoms with Gasteiger partial charge in [-0.3, -0.25) is 4.90 Å². The van der Waals surface area contributed by atoms with Crippen LogP contribution in [0.5, 0.6) is 0 Å². The van der Waals surface area contributed by atoms with Crippen LogP contribution in [0.2, 0.25) is 0 Å². The van der Waals surface area contributed by atoms with Crippen molar-refractivity contribution in [1.82, 2.24) is 4.90 Å². The van der Waals surface area contributed by atoms with Crippen LogP contribution in [0.4, 0.5) is 0 Å². The maximum Gasteiger partial charge on any atom is 0.0711 e. The first-order valence-electron chi connectivity index (χ1n) is 4.26. The van der Waals surface area contributed by atoms with E-state index in [-0.39, 0.29) is 18.2 Å². The Labute approximate surface area is 66.6 Å². The van der Waals surface area contributed by atoms with Gasteiger partial charge in [0.05, 0.1) is 12.2 Å². The topological polar surface area (TPSA) is 43.7 Å². The predicted molar refractivity (Wildman–Crippen MR) is 41.2 cm³/mol. The summed E-state index contributed by atoms with van der Waals surface area (Å²) in [6.07, 6.45) is 2.04. The van der Waals surface area contributed by atoms with Gasteiger partial charge in [-0.05, 0) is 26.3 Å². The lowest BCUT2D eigenvalue weighted by Gasteiger charge is -2.34. The Kier molecular flexibility index (Phi) is 1.67. The molecule has 3 nitrogen and oxygen atoms in total. The standard InChI is InChI=1S/C8H15NO2/c1-9-5-2-6(10)4-7(9)8(11)3-5/h5-8,10-11H,2-4H2,1H3/t5-,6-,7+,8-/m0/s1. The Morgan fingerprint density at radius 3 is 2.55 bits per heavy atom. The van der Waals surface area contributed by atoms with Crippen molar-refractivity contribution in [2.45, 2.75) is 43.6 Å². The van der Waals surface area contributed by atoms with Crippen LogP contribution >= 0.6 is 0 Å². The van der Waals surface area contributed by atoms with Gasteiger partial charge < -0.3 is 10.2 Å². The second-order valence-electron chi connectivity index (χ2n) is 3.81. The molecule has 0 aromatic rings. The Bertz CT molecular complexity index is 160. The van der Waals surface area contributed by atoms with E-state index in [4.69, 9.17) is 0 Å². The summed E-state index contributed by atoms with van der Waals surface area (Å²) in [5, 5.41) is 18.9. The maximum atomic E-state index is 9.53. The van der Waals surface area contributed by atoms with E-state index in [9.17, 15) is 10.2 Å². The average molecular weight is 157 g/mol. The summed E-state index contributed by atoms with van der Waals surface area (Å²) in [5.74, 6) is 0. The first-order valence-corrected chi connectivity index (χ1v) is 4.26. The molecular formula is C8H15NO2. The number of aliphatic hydroxyl groups is 2. The fourth-order valence-corrected chi connectivity index (χ4v) is 2.42. The first kappa shape index (κ1) is 7.53. The third kappa shape index (κ3) is 1.08. The van der Waals surface area contributed by atoms with Gasteiger partial charge in [0.2, 0.25) is 0 Å². The van der Waals surface area contributed by atoms with E-state index in [0.29, 0.717) is 6.04 Å². The van der Waals surface area contributed by atoms with E-state index >= 15 is 0 Å². The van der Waals surface area contributed by atoms with Crippen LogP contribution in [-0.4, -0.2) is 46.5 Å². The minimum absolute atomic E-state index is 0.182. The molecule has 0 aromatic heterocycles. The van der Waals surface area contributed by atoms with Gasteiger partial charge in [-0.2, -0.15) is 0 Å². The summed E-state index contributed by atoms with van der Waals surface area (Å²) in [7, 11) is 2.04. The zero-order valence-corrected chi connectivity index (χ0v) is 6.77. The van der Waals surface area contributed by atoms with E-state index in [0.717, 1.165) is 19.3 Å². The molecule has 0 saturated carbocycles. The predicted octanol–water partition coefficient (Wildman–Crippen LogP) is -0.425. The Morgan fingerprint density at radius 2 is 1.91 bits per heavy atom. The molecule has 0 aromatic carbocycles. The molecule has 2 aliphatic rings. The maximum absolute atomic E-state index is 9.53. The summed E-state index contributed by atoms with van der Waals surface area (Å²) in [4.78, 5) is 2.21. The summed E-state index contributed by atoms with van der Waals surface area (Å²) in [5.41, 5.74) is 0. The van der Waals surface area contributed by atoms with Crippen molar-refractivity contribution < 1.29 is 10.2 Å². The molecule has 2 fully saturated rings. The van der Waals surface area contributed by atoms with Gasteiger partial charge in [-0.25, -0.2) is 0 Å². The number of nitrogens with zero attached hydrogens (tertiary/aromatic N) is 1. The number of rotatable bonds is 0. The third-order valence-corrected chi connectivity index (χ3v) is 3.11. The molecule has 2 rings (SSSR count). The van der Waals surface area contributed by atoms with Crippen LogP contribution in [0.3, 0.4) is 0 Å². The van der Waals surface area contributed by atoms with E-state index in [2.05, 4.69) is 4.90 Å². The average Bonchev–Trinajstić information content (AvgIpc) is 2.17. The molecule has 2 bridgehead atoms. The van der Waals surface area contributed by atoms with Crippen LogP contribution in [-0.2, 0) is 0 Å². The van der Waals surface area contributed by atoms with Crippen molar-refractivity contribution >= 4 is 0 Å². The van der Waals surface area contributed by atoms with Crippen molar-refractivity contribution in [3.63, 3.8) is 0 Å². The van der Waals surface area contributed by atoms with E-state index < -0.39 is 0 Å².